The van der Waals surface area contributed by atoms with Crippen LogP contribution in [0.1, 0.15) is 13.8 Å². The van der Waals surface area contributed by atoms with Gasteiger partial charge in [-0.1, -0.05) is 6.92 Å². The number of aliphatic hydroxyl groups excluding tert-OH is 1. The summed E-state index contributed by atoms with van der Waals surface area (Å²) in [5.41, 5.74) is 10.3. The van der Waals surface area contributed by atoms with E-state index in [1.165, 1.54) is 20.9 Å². The first kappa shape index (κ1) is 24.7. The van der Waals surface area contributed by atoms with Gasteiger partial charge in [0.25, 0.3) is 5.91 Å². The number of rotatable bonds is 11. The third-order valence-corrected chi connectivity index (χ3v) is 3.81. The van der Waals surface area contributed by atoms with Gasteiger partial charge in [-0.3, -0.25) is 19.8 Å². The van der Waals surface area contributed by atoms with Crippen molar-refractivity contribution in [3.8, 4) is 0 Å². The van der Waals surface area contributed by atoms with Gasteiger partial charge >= 0.3 is 5.97 Å². The topological polar surface area (TPSA) is 195 Å². The summed E-state index contributed by atoms with van der Waals surface area (Å²) >= 11 is 4.95. The van der Waals surface area contributed by atoms with Crippen molar-refractivity contribution in [1.29, 1.82) is 0 Å². The molecule has 0 bridgehead atoms. The van der Waals surface area contributed by atoms with Crippen LogP contribution in [-0.2, 0) is 19.2 Å². The summed E-state index contributed by atoms with van der Waals surface area (Å²) in [7, 11) is 1.39. The van der Waals surface area contributed by atoms with Crippen molar-refractivity contribution in [3.63, 3.8) is 0 Å². The van der Waals surface area contributed by atoms with Gasteiger partial charge in [0, 0.05) is 13.6 Å². The Morgan fingerprint density at radius 1 is 1.15 bits per heavy atom. The molecule has 0 fully saturated rings. The maximum atomic E-state index is 12.4. The minimum Gasteiger partial charge on any atom is -0.480 e. The van der Waals surface area contributed by atoms with Crippen LogP contribution in [0.2, 0.25) is 0 Å². The number of hydrazine groups is 1. The molecule has 0 spiro atoms. The van der Waals surface area contributed by atoms with E-state index in [1.54, 1.807) is 0 Å². The first-order valence-corrected chi connectivity index (χ1v) is 8.36. The molecule has 27 heavy (non-hydrogen) atoms. The lowest BCUT2D eigenvalue weighted by atomic mass is 10.0. The van der Waals surface area contributed by atoms with Gasteiger partial charge in [-0.05, 0) is 19.1 Å². The molecule has 4 atom stereocenters. The number of hydrogen-bond donors (Lipinski definition) is 8. The molecule has 0 aromatic carbocycles. The van der Waals surface area contributed by atoms with E-state index in [0.29, 0.717) is 0 Å². The van der Waals surface area contributed by atoms with Crippen LogP contribution in [0.5, 0.6) is 0 Å². The van der Waals surface area contributed by atoms with Crippen molar-refractivity contribution in [3.05, 3.63) is 0 Å². The lowest BCUT2D eigenvalue weighted by molar-refractivity contribution is -0.140. The van der Waals surface area contributed by atoms with Crippen LogP contribution in [0.25, 0.3) is 0 Å². The standard InChI is InChI=1S/C14H26N6O6S/c1-6(11(23)16-3)10(12(24)20-17-4-8(15)7(2)22)19-14(27)18-9(5-21)13(25)26/h6,8-10,17,21H,4-5,15H2,1-3H3,(H,16,23)(H,20,24)(H,25,26)(H2,18,19,27). The largest absolute Gasteiger partial charge is 0.480 e. The van der Waals surface area contributed by atoms with E-state index < -0.39 is 48.4 Å². The van der Waals surface area contributed by atoms with Gasteiger partial charge < -0.3 is 31.9 Å². The highest BCUT2D eigenvalue weighted by molar-refractivity contribution is 7.80. The fraction of sp³-hybridized carbons (Fsp3) is 0.643. The predicted octanol–water partition coefficient (Wildman–Crippen LogP) is -3.82. The number of ketones is 1. The maximum Gasteiger partial charge on any atom is 0.328 e. The molecule has 2 amide bonds. The van der Waals surface area contributed by atoms with Crippen molar-refractivity contribution >= 4 is 40.9 Å². The summed E-state index contributed by atoms with van der Waals surface area (Å²) in [5.74, 6) is -3.68. The van der Waals surface area contributed by atoms with E-state index >= 15 is 0 Å². The number of amides is 2. The number of nitrogens with two attached hydrogens (primary N) is 1. The number of aliphatic carboxylic acids is 1. The smallest absolute Gasteiger partial charge is 0.328 e. The molecule has 0 rings (SSSR count). The molecule has 9 N–H and O–H groups in total. The molecular formula is C14H26N6O6S. The fourth-order valence-corrected chi connectivity index (χ4v) is 2.06. The highest BCUT2D eigenvalue weighted by Crippen LogP contribution is 2.04. The average molecular weight is 406 g/mol. The van der Waals surface area contributed by atoms with E-state index in [1.807, 2.05) is 0 Å². The first-order chi connectivity index (χ1) is 12.5. The Morgan fingerprint density at radius 3 is 2.19 bits per heavy atom. The Labute approximate surface area is 161 Å². The molecule has 12 nitrogen and oxygen atoms in total. The normalized spacial score (nSPS) is 14.9. The third kappa shape index (κ3) is 8.72. The van der Waals surface area contributed by atoms with Gasteiger partial charge in [0.05, 0.1) is 18.6 Å². The summed E-state index contributed by atoms with van der Waals surface area (Å²) in [6, 6.07) is -3.38. The minimum absolute atomic E-state index is 0.0313. The van der Waals surface area contributed by atoms with Gasteiger partial charge in [-0.2, -0.15) is 0 Å². The van der Waals surface area contributed by atoms with E-state index in [-0.39, 0.29) is 17.4 Å². The van der Waals surface area contributed by atoms with Crippen LogP contribution in [0.3, 0.4) is 0 Å². The molecule has 0 aliphatic heterocycles. The lowest BCUT2D eigenvalue weighted by Gasteiger charge is -2.26. The van der Waals surface area contributed by atoms with Gasteiger partial charge in [0.2, 0.25) is 5.91 Å². The Hall–Kier alpha value is -2.35. The molecule has 0 aromatic rings. The van der Waals surface area contributed by atoms with E-state index in [0.717, 1.165) is 0 Å². The summed E-state index contributed by atoms with van der Waals surface area (Å²) in [6.45, 7) is 2.00. The fourth-order valence-electron chi connectivity index (χ4n) is 1.79. The zero-order valence-corrected chi connectivity index (χ0v) is 16.1. The molecule has 0 aliphatic carbocycles. The molecule has 154 valence electrons. The lowest BCUT2D eigenvalue weighted by Crippen LogP contribution is -2.60. The Kier molecular flexibility index (Phi) is 11.1. The van der Waals surface area contributed by atoms with Crippen molar-refractivity contribution in [2.45, 2.75) is 32.0 Å². The van der Waals surface area contributed by atoms with E-state index in [4.69, 9.17) is 28.2 Å². The number of carbonyl (C=O) groups excluding carboxylic acids is 3. The molecule has 0 saturated heterocycles. The second kappa shape index (κ2) is 12.1. The molecule has 4 unspecified atom stereocenters. The summed E-state index contributed by atoms with van der Waals surface area (Å²) < 4.78 is 0. The molecule has 0 heterocycles. The van der Waals surface area contributed by atoms with Gasteiger partial charge in [0.15, 0.2) is 5.11 Å². The van der Waals surface area contributed by atoms with Gasteiger partial charge in [0.1, 0.15) is 17.9 Å². The second-order valence-corrected chi connectivity index (χ2v) is 6.07. The van der Waals surface area contributed by atoms with Crippen LogP contribution in [0, 0.1) is 5.92 Å². The molecule has 0 saturated carbocycles. The maximum absolute atomic E-state index is 12.4. The van der Waals surface area contributed by atoms with Crippen molar-refractivity contribution in [2.24, 2.45) is 11.7 Å². The van der Waals surface area contributed by atoms with Gasteiger partial charge in [-0.25, -0.2) is 10.2 Å². The minimum atomic E-state index is -1.38. The SMILES string of the molecule is CNC(=O)C(C)C(NC(=S)NC(CO)C(=O)O)C(=O)NNCC(N)C(C)=O. The van der Waals surface area contributed by atoms with Crippen molar-refractivity contribution in [2.75, 3.05) is 20.2 Å². The second-order valence-electron chi connectivity index (χ2n) is 5.66. The Bertz CT molecular complexity index is 574. The number of Topliss-reactive ketones (excluding diaryl/α,β-unsaturated/α-hetero) is 1. The third-order valence-electron chi connectivity index (χ3n) is 3.57. The van der Waals surface area contributed by atoms with E-state index in [2.05, 4.69) is 26.8 Å². The monoisotopic (exact) mass is 406 g/mol. The van der Waals surface area contributed by atoms with Crippen LogP contribution in [0.15, 0.2) is 0 Å². The number of carboxylic acids is 1. The molecule has 0 aromatic heterocycles. The zero-order chi connectivity index (χ0) is 21.1. The number of nitrogens with one attached hydrogen (secondary N) is 5. The summed E-state index contributed by atoms with van der Waals surface area (Å²) in [4.78, 5) is 46.3. The highest BCUT2D eigenvalue weighted by Gasteiger charge is 2.31. The summed E-state index contributed by atoms with van der Waals surface area (Å²) in [5, 5.41) is 24.9. The van der Waals surface area contributed by atoms with Crippen LogP contribution in [-0.4, -0.2) is 77.2 Å². The molecule has 0 radical (unpaired) electrons. The molecular weight excluding hydrogens is 380 g/mol. The number of aliphatic hydroxyl groups is 1. The average Bonchev–Trinajstić information content (AvgIpc) is 2.62. The quantitative estimate of drug-likeness (QED) is 0.124. The number of carbonyl (C=O) groups is 4. The first-order valence-electron chi connectivity index (χ1n) is 7.96. The highest BCUT2D eigenvalue weighted by atomic mass is 32.1. The Morgan fingerprint density at radius 2 is 1.74 bits per heavy atom. The number of carboxylic acid groups (broad SMARTS) is 1. The van der Waals surface area contributed by atoms with Crippen LogP contribution < -0.4 is 32.5 Å². The molecule has 0 aliphatic rings. The number of thiocarbonyl (C=S) groups is 1. The summed E-state index contributed by atoms with van der Waals surface area (Å²) in [6.07, 6.45) is 0. The van der Waals surface area contributed by atoms with E-state index in [9.17, 15) is 19.2 Å². The predicted molar refractivity (Wildman–Crippen MR) is 99.2 cm³/mol. The van der Waals surface area contributed by atoms with Gasteiger partial charge in [-0.15, -0.1) is 0 Å². The van der Waals surface area contributed by atoms with Crippen molar-refractivity contribution < 1.29 is 29.4 Å². The van der Waals surface area contributed by atoms with Crippen LogP contribution in [0.4, 0.5) is 0 Å². The number of hydrogen-bond acceptors (Lipinski definition) is 8. The molecule has 13 heteroatoms. The van der Waals surface area contributed by atoms with Crippen molar-refractivity contribution in [1.82, 2.24) is 26.8 Å². The zero-order valence-electron chi connectivity index (χ0n) is 15.2. The van der Waals surface area contributed by atoms with Crippen LogP contribution >= 0.6 is 12.2 Å². The Balaban J connectivity index is 5.04.